The molecule has 0 unspecified atom stereocenters. The Balaban J connectivity index is 0.00000289. The first kappa shape index (κ1) is 16.9. The van der Waals surface area contributed by atoms with Gasteiger partial charge < -0.3 is 10.6 Å². The predicted molar refractivity (Wildman–Crippen MR) is 78.3 cm³/mol. The Morgan fingerprint density at radius 2 is 2.00 bits per heavy atom. The minimum absolute atomic E-state index is 0. The fourth-order valence-electron chi connectivity index (χ4n) is 1.73. The van der Waals surface area contributed by atoms with Crippen LogP contribution in [0.1, 0.15) is 25.0 Å². The summed E-state index contributed by atoms with van der Waals surface area (Å²) in [6.45, 7) is 7.76. The lowest BCUT2D eigenvalue weighted by Crippen LogP contribution is -2.39. The van der Waals surface area contributed by atoms with Gasteiger partial charge in [0.25, 0.3) is 0 Å². The van der Waals surface area contributed by atoms with Crippen molar-refractivity contribution in [1.29, 1.82) is 0 Å². The number of amides is 1. The molecule has 1 atom stereocenters. The average molecular weight is 271 g/mol. The van der Waals surface area contributed by atoms with Crippen LogP contribution < -0.4 is 10.6 Å². The summed E-state index contributed by atoms with van der Waals surface area (Å²) >= 11 is 0. The van der Waals surface area contributed by atoms with E-state index in [2.05, 4.69) is 24.5 Å². The van der Waals surface area contributed by atoms with E-state index in [0.29, 0.717) is 19.0 Å². The van der Waals surface area contributed by atoms with Gasteiger partial charge in [-0.1, -0.05) is 31.2 Å². The summed E-state index contributed by atoms with van der Waals surface area (Å²) in [6, 6.07) is 8.31. The highest BCUT2D eigenvalue weighted by Crippen LogP contribution is 2.07. The molecule has 0 aliphatic heterocycles. The Kier molecular flexibility index (Phi) is 8.42. The van der Waals surface area contributed by atoms with Crippen molar-refractivity contribution in [1.82, 2.24) is 10.6 Å². The van der Waals surface area contributed by atoms with Gasteiger partial charge in [0.05, 0.1) is 6.42 Å². The Morgan fingerprint density at radius 3 is 2.61 bits per heavy atom. The van der Waals surface area contributed by atoms with Crippen LogP contribution in [0, 0.1) is 6.92 Å². The van der Waals surface area contributed by atoms with Crippen molar-refractivity contribution in [3.05, 3.63) is 35.4 Å². The van der Waals surface area contributed by atoms with E-state index < -0.39 is 0 Å². The molecular formula is C14H23ClN2O. The topological polar surface area (TPSA) is 41.1 Å². The summed E-state index contributed by atoms with van der Waals surface area (Å²) in [4.78, 5) is 11.7. The van der Waals surface area contributed by atoms with Crippen molar-refractivity contribution < 1.29 is 4.79 Å². The molecule has 1 aromatic rings. The fourth-order valence-corrected chi connectivity index (χ4v) is 1.73. The highest BCUT2D eigenvalue weighted by Gasteiger charge is 2.06. The number of hydrogen-bond acceptors (Lipinski definition) is 2. The zero-order valence-electron chi connectivity index (χ0n) is 11.3. The molecule has 0 saturated carbocycles. The van der Waals surface area contributed by atoms with Gasteiger partial charge in [-0.3, -0.25) is 4.79 Å². The van der Waals surface area contributed by atoms with Crippen molar-refractivity contribution in [2.24, 2.45) is 0 Å². The van der Waals surface area contributed by atoms with Crippen LogP contribution in [-0.4, -0.2) is 25.0 Å². The van der Waals surface area contributed by atoms with Crippen molar-refractivity contribution >= 4 is 18.3 Å². The monoisotopic (exact) mass is 270 g/mol. The molecule has 0 saturated heterocycles. The number of carbonyl (C=O) groups excluding carboxylic acids is 1. The van der Waals surface area contributed by atoms with Crippen molar-refractivity contribution in [2.45, 2.75) is 33.2 Å². The number of likely N-dealkylation sites (N-methyl/N-ethyl adjacent to an activating group) is 1. The maximum Gasteiger partial charge on any atom is 0.224 e. The third kappa shape index (κ3) is 6.03. The van der Waals surface area contributed by atoms with Crippen LogP contribution in [0.4, 0.5) is 0 Å². The predicted octanol–water partition coefficient (Wildman–Crippen LogP) is 2.07. The zero-order valence-corrected chi connectivity index (χ0v) is 12.1. The molecule has 0 aliphatic carbocycles. The van der Waals surface area contributed by atoms with Gasteiger partial charge in [-0.15, -0.1) is 12.4 Å². The second-order valence-corrected chi connectivity index (χ2v) is 4.37. The maximum atomic E-state index is 11.7. The first-order valence-electron chi connectivity index (χ1n) is 6.18. The maximum absolute atomic E-state index is 11.7. The minimum Gasteiger partial charge on any atom is -0.354 e. The molecule has 2 N–H and O–H groups in total. The Labute approximate surface area is 116 Å². The molecule has 1 amide bonds. The number of carbonyl (C=O) groups is 1. The third-order valence-electron chi connectivity index (χ3n) is 2.77. The van der Waals surface area contributed by atoms with E-state index in [-0.39, 0.29) is 18.3 Å². The smallest absolute Gasteiger partial charge is 0.224 e. The minimum atomic E-state index is 0. The van der Waals surface area contributed by atoms with Crippen LogP contribution in [0.5, 0.6) is 0 Å². The summed E-state index contributed by atoms with van der Waals surface area (Å²) < 4.78 is 0. The van der Waals surface area contributed by atoms with E-state index in [1.54, 1.807) is 0 Å². The second-order valence-electron chi connectivity index (χ2n) is 4.37. The van der Waals surface area contributed by atoms with Gasteiger partial charge in [0.1, 0.15) is 0 Å². The number of hydrogen-bond donors (Lipinski definition) is 2. The van der Waals surface area contributed by atoms with Gasteiger partial charge in [0, 0.05) is 12.6 Å². The fraction of sp³-hybridized carbons (Fsp3) is 0.500. The molecule has 4 heteroatoms. The molecule has 0 spiro atoms. The number of nitrogens with one attached hydrogen (secondary N) is 2. The molecule has 0 bridgehead atoms. The number of aryl methyl sites for hydroxylation is 1. The number of benzene rings is 1. The van der Waals surface area contributed by atoms with Crippen molar-refractivity contribution in [3.8, 4) is 0 Å². The number of halogens is 1. The molecule has 0 aromatic heterocycles. The lowest BCUT2D eigenvalue weighted by atomic mass is 10.1. The van der Waals surface area contributed by atoms with Crippen LogP contribution in [-0.2, 0) is 11.2 Å². The molecule has 0 radical (unpaired) electrons. The summed E-state index contributed by atoms with van der Waals surface area (Å²) in [5.41, 5.74) is 2.27. The van der Waals surface area contributed by atoms with Crippen LogP contribution in [0.25, 0.3) is 0 Å². The standard InChI is InChI=1S/C14H22N2O.ClH/c1-4-15-12(3)10-16-14(17)9-13-8-6-5-7-11(13)2;/h5-8,12,15H,4,9-10H2,1-3H3,(H,16,17);1H/t12-;/m1./s1. The molecule has 18 heavy (non-hydrogen) atoms. The Hall–Kier alpha value is -1.06. The molecule has 0 heterocycles. The second kappa shape index (κ2) is 8.95. The van der Waals surface area contributed by atoms with Crippen LogP contribution in [0.15, 0.2) is 24.3 Å². The molecule has 0 fully saturated rings. The molecular weight excluding hydrogens is 248 g/mol. The molecule has 3 nitrogen and oxygen atoms in total. The van der Waals surface area contributed by atoms with E-state index in [4.69, 9.17) is 0 Å². The first-order chi connectivity index (χ1) is 8.13. The summed E-state index contributed by atoms with van der Waals surface area (Å²) in [5.74, 6) is 0.0871. The SMILES string of the molecule is CCN[C@H](C)CNC(=O)Cc1ccccc1C.Cl. The van der Waals surface area contributed by atoms with E-state index in [9.17, 15) is 4.79 Å². The average Bonchev–Trinajstić information content (AvgIpc) is 2.30. The van der Waals surface area contributed by atoms with Crippen LogP contribution in [0.2, 0.25) is 0 Å². The van der Waals surface area contributed by atoms with Crippen molar-refractivity contribution in [3.63, 3.8) is 0 Å². The highest BCUT2D eigenvalue weighted by molar-refractivity contribution is 5.85. The lowest BCUT2D eigenvalue weighted by molar-refractivity contribution is -0.120. The normalized spacial score (nSPS) is 11.5. The van der Waals surface area contributed by atoms with E-state index in [0.717, 1.165) is 12.1 Å². The molecule has 1 rings (SSSR count). The first-order valence-corrected chi connectivity index (χ1v) is 6.18. The lowest BCUT2D eigenvalue weighted by Gasteiger charge is -2.13. The van der Waals surface area contributed by atoms with Crippen LogP contribution in [0.3, 0.4) is 0 Å². The Morgan fingerprint density at radius 1 is 1.33 bits per heavy atom. The molecule has 0 aliphatic rings. The number of rotatable bonds is 6. The Bertz CT molecular complexity index is 369. The highest BCUT2D eigenvalue weighted by atomic mass is 35.5. The van der Waals surface area contributed by atoms with Gasteiger partial charge in [-0.2, -0.15) is 0 Å². The van der Waals surface area contributed by atoms with Crippen LogP contribution >= 0.6 is 12.4 Å². The summed E-state index contributed by atoms with van der Waals surface area (Å²) in [7, 11) is 0. The molecule has 102 valence electrons. The van der Waals surface area contributed by atoms with E-state index in [1.807, 2.05) is 31.2 Å². The van der Waals surface area contributed by atoms with Crippen molar-refractivity contribution in [2.75, 3.05) is 13.1 Å². The van der Waals surface area contributed by atoms with Gasteiger partial charge in [-0.25, -0.2) is 0 Å². The third-order valence-corrected chi connectivity index (χ3v) is 2.77. The summed E-state index contributed by atoms with van der Waals surface area (Å²) in [5, 5.41) is 6.20. The van der Waals surface area contributed by atoms with E-state index in [1.165, 1.54) is 5.56 Å². The van der Waals surface area contributed by atoms with Gasteiger partial charge in [0.15, 0.2) is 0 Å². The van der Waals surface area contributed by atoms with Gasteiger partial charge in [-0.05, 0) is 31.5 Å². The quantitative estimate of drug-likeness (QED) is 0.831. The largest absolute Gasteiger partial charge is 0.354 e. The van der Waals surface area contributed by atoms with Gasteiger partial charge in [0.2, 0.25) is 5.91 Å². The van der Waals surface area contributed by atoms with E-state index >= 15 is 0 Å². The molecule has 1 aromatic carbocycles. The zero-order chi connectivity index (χ0) is 12.7. The summed E-state index contributed by atoms with van der Waals surface area (Å²) in [6.07, 6.45) is 0.464. The van der Waals surface area contributed by atoms with Gasteiger partial charge >= 0.3 is 0 Å².